The van der Waals surface area contributed by atoms with E-state index in [4.69, 9.17) is 4.42 Å². The lowest BCUT2D eigenvalue weighted by atomic mass is 10.0. The predicted octanol–water partition coefficient (Wildman–Crippen LogP) is 4.09. The first-order valence-corrected chi connectivity index (χ1v) is 9.27. The molecule has 0 saturated carbocycles. The van der Waals surface area contributed by atoms with Gasteiger partial charge < -0.3 is 4.42 Å². The van der Waals surface area contributed by atoms with Gasteiger partial charge in [-0.3, -0.25) is 19.6 Å². The maximum atomic E-state index is 13.7. The summed E-state index contributed by atoms with van der Waals surface area (Å²) in [5, 5.41) is 6.75. The Kier molecular flexibility index (Phi) is 5.15. The molecule has 32 heavy (non-hydrogen) atoms. The highest BCUT2D eigenvalue weighted by Crippen LogP contribution is 2.35. The Hall–Kier alpha value is -3.83. The molecule has 0 radical (unpaired) electrons. The van der Waals surface area contributed by atoms with Crippen molar-refractivity contribution in [1.29, 1.82) is 0 Å². The standard InChI is InChI=1S/C20H15F4N5O3/c1-20(2)18(30)28(19(31)29(20)14-6-11(21)5-12(22)7-14)9-13-4-3-10(8-25-13)16-26-27-17(32-16)15(23)24/h3-8,15H,9H2,1-2H3. The topological polar surface area (TPSA) is 92.4 Å². The first-order valence-electron chi connectivity index (χ1n) is 9.27. The van der Waals surface area contributed by atoms with Crippen LogP contribution in [0.3, 0.4) is 0 Å². The predicted molar refractivity (Wildman–Crippen MR) is 101 cm³/mol. The van der Waals surface area contributed by atoms with Gasteiger partial charge in [-0.05, 0) is 38.1 Å². The van der Waals surface area contributed by atoms with Crippen molar-refractivity contribution in [3.8, 4) is 11.5 Å². The third-order valence-corrected chi connectivity index (χ3v) is 4.87. The summed E-state index contributed by atoms with van der Waals surface area (Å²) in [6.45, 7) is 2.70. The van der Waals surface area contributed by atoms with Crippen molar-refractivity contribution in [3.63, 3.8) is 0 Å². The van der Waals surface area contributed by atoms with Gasteiger partial charge in [0.2, 0.25) is 5.89 Å². The van der Waals surface area contributed by atoms with E-state index in [-0.39, 0.29) is 23.7 Å². The number of pyridine rings is 1. The lowest BCUT2D eigenvalue weighted by Crippen LogP contribution is -2.44. The molecule has 8 nitrogen and oxygen atoms in total. The molecule has 0 bridgehead atoms. The number of imide groups is 1. The van der Waals surface area contributed by atoms with Crippen LogP contribution in [0.2, 0.25) is 0 Å². The minimum Gasteiger partial charge on any atom is -0.415 e. The Balaban J connectivity index is 1.57. The third kappa shape index (κ3) is 3.67. The number of amides is 3. The molecule has 12 heteroatoms. The fourth-order valence-corrected chi connectivity index (χ4v) is 3.36. The average molecular weight is 449 g/mol. The highest BCUT2D eigenvalue weighted by Gasteiger charge is 2.52. The first kappa shape index (κ1) is 21.4. The summed E-state index contributed by atoms with van der Waals surface area (Å²) in [5.74, 6) is -3.34. The summed E-state index contributed by atoms with van der Waals surface area (Å²) >= 11 is 0. The molecule has 1 saturated heterocycles. The fourth-order valence-electron chi connectivity index (χ4n) is 3.36. The molecule has 1 fully saturated rings. The Morgan fingerprint density at radius 1 is 1.06 bits per heavy atom. The molecule has 2 aromatic heterocycles. The Bertz CT molecular complexity index is 1180. The van der Waals surface area contributed by atoms with E-state index in [2.05, 4.69) is 15.2 Å². The number of rotatable bonds is 5. The summed E-state index contributed by atoms with van der Waals surface area (Å²) in [7, 11) is 0. The molecule has 1 aromatic carbocycles. The van der Waals surface area contributed by atoms with Gasteiger partial charge in [0, 0.05) is 12.3 Å². The zero-order valence-electron chi connectivity index (χ0n) is 16.7. The van der Waals surface area contributed by atoms with E-state index in [0.29, 0.717) is 11.8 Å². The molecule has 0 unspecified atom stereocenters. The van der Waals surface area contributed by atoms with E-state index in [0.717, 1.165) is 21.9 Å². The molecular weight excluding hydrogens is 434 g/mol. The van der Waals surface area contributed by atoms with Crippen LogP contribution < -0.4 is 4.90 Å². The highest BCUT2D eigenvalue weighted by atomic mass is 19.3. The maximum absolute atomic E-state index is 13.7. The maximum Gasteiger partial charge on any atom is 0.332 e. The van der Waals surface area contributed by atoms with Crippen LogP contribution in [0.1, 0.15) is 31.9 Å². The van der Waals surface area contributed by atoms with Crippen LogP contribution in [0.4, 0.5) is 28.0 Å². The average Bonchev–Trinajstić information content (AvgIpc) is 3.27. The van der Waals surface area contributed by atoms with Gasteiger partial charge >= 0.3 is 12.5 Å². The number of urea groups is 1. The molecule has 4 rings (SSSR count). The van der Waals surface area contributed by atoms with Crippen molar-refractivity contribution in [2.45, 2.75) is 32.4 Å². The monoisotopic (exact) mass is 449 g/mol. The van der Waals surface area contributed by atoms with Crippen LogP contribution >= 0.6 is 0 Å². The van der Waals surface area contributed by atoms with Gasteiger partial charge in [0.15, 0.2) is 0 Å². The number of aromatic nitrogens is 3. The Morgan fingerprint density at radius 2 is 1.75 bits per heavy atom. The molecule has 0 aliphatic carbocycles. The lowest BCUT2D eigenvalue weighted by molar-refractivity contribution is -0.130. The minimum atomic E-state index is -2.91. The van der Waals surface area contributed by atoms with E-state index in [9.17, 15) is 27.2 Å². The number of nitrogens with zero attached hydrogens (tertiary/aromatic N) is 5. The number of halogens is 4. The van der Waals surface area contributed by atoms with Gasteiger partial charge in [0.05, 0.1) is 23.5 Å². The minimum absolute atomic E-state index is 0.0946. The zero-order chi connectivity index (χ0) is 23.2. The summed E-state index contributed by atoms with van der Waals surface area (Å²) in [4.78, 5) is 31.9. The molecular formula is C20H15F4N5O3. The number of alkyl halides is 2. The van der Waals surface area contributed by atoms with Crippen molar-refractivity contribution < 1.29 is 31.6 Å². The molecule has 1 aliphatic rings. The van der Waals surface area contributed by atoms with Crippen molar-refractivity contribution in [2.75, 3.05) is 4.90 Å². The molecule has 0 spiro atoms. The SMILES string of the molecule is CC1(C)C(=O)N(Cc2ccc(-c3nnc(C(F)F)o3)cn2)C(=O)N1c1cc(F)cc(F)c1. The largest absolute Gasteiger partial charge is 0.415 e. The highest BCUT2D eigenvalue weighted by molar-refractivity contribution is 6.16. The van der Waals surface area contributed by atoms with Crippen molar-refractivity contribution in [3.05, 3.63) is 59.7 Å². The van der Waals surface area contributed by atoms with Crippen molar-refractivity contribution >= 4 is 17.6 Å². The second kappa shape index (κ2) is 7.70. The van der Waals surface area contributed by atoms with E-state index in [1.54, 1.807) is 0 Å². The molecule has 3 aromatic rings. The molecule has 0 atom stereocenters. The zero-order valence-corrected chi connectivity index (χ0v) is 16.7. The van der Waals surface area contributed by atoms with Gasteiger partial charge in [-0.15, -0.1) is 10.2 Å². The van der Waals surface area contributed by atoms with Crippen LogP contribution in [0.15, 0.2) is 40.9 Å². The number of anilines is 1. The molecule has 3 heterocycles. The Morgan fingerprint density at radius 3 is 2.31 bits per heavy atom. The summed E-state index contributed by atoms with van der Waals surface area (Å²) < 4.78 is 57.4. The van der Waals surface area contributed by atoms with Crippen LogP contribution in [0.25, 0.3) is 11.5 Å². The summed E-state index contributed by atoms with van der Waals surface area (Å²) in [6, 6.07) is 4.74. The second-order valence-electron chi connectivity index (χ2n) is 7.48. The normalized spacial score (nSPS) is 15.8. The van der Waals surface area contributed by atoms with Crippen molar-refractivity contribution in [2.24, 2.45) is 0 Å². The van der Waals surface area contributed by atoms with Gasteiger partial charge in [0.1, 0.15) is 17.2 Å². The van der Waals surface area contributed by atoms with E-state index in [1.165, 1.54) is 32.2 Å². The molecule has 1 aliphatic heterocycles. The van der Waals surface area contributed by atoms with E-state index < -0.39 is 41.4 Å². The van der Waals surface area contributed by atoms with Crippen molar-refractivity contribution in [1.82, 2.24) is 20.1 Å². The van der Waals surface area contributed by atoms with Gasteiger partial charge in [-0.2, -0.15) is 8.78 Å². The summed E-state index contributed by atoms with van der Waals surface area (Å²) in [6.07, 6.45) is -1.64. The van der Waals surface area contributed by atoms with Gasteiger partial charge in [-0.25, -0.2) is 13.6 Å². The smallest absolute Gasteiger partial charge is 0.332 e. The van der Waals surface area contributed by atoms with Gasteiger partial charge in [-0.1, -0.05) is 0 Å². The quantitative estimate of drug-likeness (QED) is 0.430. The van der Waals surface area contributed by atoms with Crippen LogP contribution in [-0.2, 0) is 11.3 Å². The Labute approximate surface area is 178 Å². The second-order valence-corrected chi connectivity index (χ2v) is 7.48. The van der Waals surface area contributed by atoms with Crippen LogP contribution in [-0.4, -0.2) is 37.6 Å². The number of hydrogen-bond acceptors (Lipinski definition) is 6. The van der Waals surface area contributed by atoms with E-state index >= 15 is 0 Å². The lowest BCUT2D eigenvalue weighted by Gasteiger charge is -2.27. The van der Waals surface area contributed by atoms with Crippen LogP contribution in [0.5, 0.6) is 0 Å². The van der Waals surface area contributed by atoms with Gasteiger partial charge in [0.25, 0.3) is 11.8 Å². The number of hydrogen-bond donors (Lipinski definition) is 0. The van der Waals surface area contributed by atoms with Crippen LogP contribution in [0, 0.1) is 11.6 Å². The number of carbonyl (C=O) groups is 2. The third-order valence-electron chi connectivity index (χ3n) is 4.87. The summed E-state index contributed by atoms with van der Waals surface area (Å²) in [5.41, 5.74) is -0.924. The molecule has 0 N–H and O–H groups in total. The number of benzene rings is 1. The molecule has 166 valence electrons. The van der Waals surface area contributed by atoms with E-state index in [1.807, 2.05) is 0 Å². The fraction of sp³-hybridized carbons (Fsp3) is 0.250. The first-order chi connectivity index (χ1) is 15.1. The number of carbonyl (C=O) groups excluding carboxylic acids is 2. The molecule has 3 amide bonds.